The Labute approximate surface area is 307 Å². The third-order valence-corrected chi connectivity index (χ3v) is 15.8. The molecule has 0 saturated heterocycles. The summed E-state index contributed by atoms with van der Waals surface area (Å²) in [6, 6.07) is 43.3. The van der Waals surface area contributed by atoms with Gasteiger partial charge in [-0.15, -0.1) is 0 Å². The SMILES string of the molecule is c1ccc2c(c1)B1c3cc4c5cccc6c7cc8c9ccccc9n9c8c8c7n(c4c4c3N3c7c1c-2cc1c7B2c7c-1cccc7-c1cc-9c(c3c12)B48)c56. The molecule has 8 aliphatic heterocycles. The van der Waals surface area contributed by atoms with Crippen molar-refractivity contribution >= 4 is 146 Å². The van der Waals surface area contributed by atoms with Crippen LogP contribution in [0.3, 0.4) is 0 Å². The van der Waals surface area contributed by atoms with Gasteiger partial charge in [-0.25, -0.2) is 0 Å². The molecule has 0 fully saturated rings. The van der Waals surface area contributed by atoms with E-state index in [1.54, 1.807) is 27.3 Å². The minimum absolute atomic E-state index is 0.168. The number of nitrogens with zero attached hydrogens (tertiary/aromatic N) is 3. The molecule has 0 atom stereocenters. The van der Waals surface area contributed by atoms with Crippen LogP contribution in [-0.2, 0) is 0 Å². The molecule has 0 spiro atoms. The maximum atomic E-state index is 2.87. The fraction of sp³-hybridized carbons (Fsp3) is 0. The van der Waals surface area contributed by atoms with Crippen molar-refractivity contribution in [1.82, 2.24) is 8.97 Å². The normalized spacial score (nSPS) is 16.0. The standard InChI is InChI=1S/C48H18B3N3/c1-3-13-31-19(7-1)25-15-26-21-9-5-10-22-27-18-34-39-48-38(27)50(35(21)22)37(26)47-36(25)49(31)32-17-30-24-12-6-11-23-29-16-28-20-8-2-4-14-33(20)52(34)43(28)40-44(29)53(42(23)24)45(30)41(51(39)40)46(32)54(47)48/h1-18H. The fourth-order valence-electron chi connectivity index (χ4n) is 14.5. The van der Waals surface area contributed by atoms with Crippen LogP contribution in [0, 0.1) is 0 Å². The smallest absolute Gasteiger partial charge is 0.257 e. The van der Waals surface area contributed by atoms with Crippen LogP contribution in [0.1, 0.15) is 0 Å². The van der Waals surface area contributed by atoms with Crippen LogP contribution >= 0.6 is 0 Å². The van der Waals surface area contributed by atoms with E-state index in [1.807, 2.05) is 0 Å². The highest BCUT2D eigenvalue weighted by atomic mass is 15.2. The Morgan fingerprint density at radius 1 is 0.352 bits per heavy atom. The fourth-order valence-corrected chi connectivity index (χ4v) is 14.5. The van der Waals surface area contributed by atoms with Crippen LogP contribution < -0.4 is 54.1 Å². The molecule has 0 aliphatic carbocycles. The zero-order valence-corrected chi connectivity index (χ0v) is 28.5. The molecule has 8 aromatic carbocycles. The van der Waals surface area contributed by atoms with Crippen molar-refractivity contribution in [1.29, 1.82) is 0 Å². The number of aromatic nitrogens is 2. The second-order valence-electron chi connectivity index (χ2n) is 17.4. The summed E-state index contributed by atoms with van der Waals surface area (Å²) in [5.74, 6) is 0. The summed E-state index contributed by atoms with van der Waals surface area (Å²) in [6.07, 6.45) is 0. The predicted octanol–water partition coefficient (Wildman–Crippen LogP) is 4.46. The van der Waals surface area contributed by atoms with Crippen LogP contribution in [0.4, 0.5) is 17.1 Å². The Kier molecular flexibility index (Phi) is 2.95. The Balaban J connectivity index is 1.19. The maximum Gasteiger partial charge on any atom is 0.257 e. The van der Waals surface area contributed by atoms with Gasteiger partial charge in [0.05, 0.1) is 27.6 Å². The lowest BCUT2D eigenvalue weighted by Gasteiger charge is -2.50. The lowest BCUT2D eigenvalue weighted by Crippen LogP contribution is -2.71. The zero-order valence-electron chi connectivity index (χ0n) is 28.5. The molecule has 0 radical (unpaired) electrons. The van der Waals surface area contributed by atoms with Crippen molar-refractivity contribution < 1.29 is 0 Å². The van der Waals surface area contributed by atoms with Gasteiger partial charge in [0.1, 0.15) is 0 Å². The first kappa shape index (κ1) is 23.8. The molecule has 3 aromatic heterocycles. The van der Waals surface area contributed by atoms with E-state index < -0.39 is 0 Å². The monoisotopic (exact) mass is 669 g/mol. The summed E-state index contributed by atoms with van der Waals surface area (Å²) in [7, 11) is 0. The van der Waals surface area contributed by atoms with E-state index >= 15 is 0 Å². The van der Waals surface area contributed by atoms with Crippen molar-refractivity contribution in [2.45, 2.75) is 0 Å². The van der Waals surface area contributed by atoms with Crippen molar-refractivity contribution in [3.63, 3.8) is 0 Å². The molecule has 11 aromatic rings. The van der Waals surface area contributed by atoms with Gasteiger partial charge in [0, 0.05) is 55.1 Å². The van der Waals surface area contributed by atoms with Crippen LogP contribution in [0.2, 0.25) is 0 Å². The lowest BCUT2D eigenvalue weighted by molar-refractivity contribution is 1.18. The Bertz CT molecular complexity index is 4000. The maximum absolute atomic E-state index is 2.87. The second-order valence-corrected chi connectivity index (χ2v) is 17.4. The van der Waals surface area contributed by atoms with E-state index in [2.05, 4.69) is 123 Å². The predicted molar refractivity (Wildman–Crippen MR) is 228 cm³/mol. The lowest BCUT2D eigenvalue weighted by atomic mass is 9.27. The molecule has 54 heavy (non-hydrogen) atoms. The first-order valence-electron chi connectivity index (χ1n) is 19.6. The van der Waals surface area contributed by atoms with Gasteiger partial charge in [-0.3, -0.25) is 0 Å². The molecule has 0 N–H and O–H groups in total. The summed E-state index contributed by atoms with van der Waals surface area (Å²) >= 11 is 0. The highest BCUT2D eigenvalue weighted by Crippen LogP contribution is 2.54. The molecule has 3 nitrogen and oxygen atoms in total. The van der Waals surface area contributed by atoms with Gasteiger partial charge in [-0.05, 0) is 95.9 Å². The number of para-hydroxylation sites is 2. The molecule has 19 rings (SSSR count). The van der Waals surface area contributed by atoms with Gasteiger partial charge in [0.15, 0.2) is 0 Å². The van der Waals surface area contributed by atoms with Crippen LogP contribution in [0.5, 0.6) is 0 Å². The highest BCUT2D eigenvalue weighted by molar-refractivity contribution is 7.11. The van der Waals surface area contributed by atoms with E-state index in [4.69, 9.17) is 0 Å². The molecular formula is C48H18B3N3. The molecule has 0 saturated carbocycles. The summed E-state index contributed by atoms with van der Waals surface area (Å²) in [5, 5.41) is 8.37. The molecule has 0 amide bonds. The number of benzene rings is 8. The van der Waals surface area contributed by atoms with E-state index in [9.17, 15) is 0 Å². The van der Waals surface area contributed by atoms with Gasteiger partial charge in [-0.2, -0.15) is 0 Å². The summed E-state index contributed by atoms with van der Waals surface area (Å²) in [6.45, 7) is 0.668. The molecule has 234 valence electrons. The third kappa shape index (κ3) is 1.85. The number of fused-ring (bicyclic) bond motifs is 12. The first-order chi connectivity index (χ1) is 26.9. The third-order valence-electron chi connectivity index (χ3n) is 15.8. The van der Waals surface area contributed by atoms with Gasteiger partial charge < -0.3 is 13.9 Å². The van der Waals surface area contributed by atoms with Crippen molar-refractivity contribution in [3.8, 4) is 39.1 Å². The average molecular weight is 669 g/mol. The van der Waals surface area contributed by atoms with E-state index in [0.29, 0.717) is 0 Å². The Morgan fingerprint density at radius 3 is 1.91 bits per heavy atom. The van der Waals surface area contributed by atoms with Gasteiger partial charge in [0.2, 0.25) is 13.4 Å². The molecule has 11 heterocycles. The van der Waals surface area contributed by atoms with Crippen LogP contribution in [-0.4, -0.2) is 29.1 Å². The van der Waals surface area contributed by atoms with Gasteiger partial charge in [-0.1, -0.05) is 95.9 Å². The summed E-state index contributed by atoms with van der Waals surface area (Å²) < 4.78 is 5.43. The number of rotatable bonds is 0. The molecular weight excluding hydrogens is 651 g/mol. The Hall–Kier alpha value is -6.65. The van der Waals surface area contributed by atoms with Gasteiger partial charge in [0.25, 0.3) is 6.71 Å². The second kappa shape index (κ2) is 6.69. The molecule has 0 unspecified atom stereocenters. The van der Waals surface area contributed by atoms with Crippen LogP contribution in [0.15, 0.2) is 109 Å². The number of hydrogen-bond donors (Lipinski definition) is 0. The highest BCUT2D eigenvalue weighted by Gasteiger charge is 2.60. The van der Waals surface area contributed by atoms with Crippen molar-refractivity contribution in [3.05, 3.63) is 109 Å². The van der Waals surface area contributed by atoms with Crippen molar-refractivity contribution in [2.24, 2.45) is 0 Å². The molecule has 6 heteroatoms. The summed E-state index contributed by atoms with van der Waals surface area (Å²) in [5.41, 5.74) is 35.3. The van der Waals surface area contributed by atoms with E-state index in [0.717, 1.165) is 0 Å². The van der Waals surface area contributed by atoms with Crippen molar-refractivity contribution in [2.75, 3.05) is 4.90 Å². The quantitative estimate of drug-likeness (QED) is 0.218. The van der Waals surface area contributed by atoms with Crippen LogP contribution in [0.25, 0.3) is 99.0 Å². The zero-order chi connectivity index (χ0) is 33.5. The summed E-state index contributed by atoms with van der Waals surface area (Å²) in [4.78, 5) is 2.87. The average Bonchev–Trinajstić information content (AvgIpc) is 4.05. The largest absolute Gasteiger partial charge is 0.313 e. The molecule has 8 aliphatic rings. The minimum Gasteiger partial charge on any atom is -0.313 e. The minimum atomic E-state index is 0.168. The van der Waals surface area contributed by atoms with Gasteiger partial charge >= 0.3 is 0 Å². The topological polar surface area (TPSA) is 12.6 Å². The van der Waals surface area contributed by atoms with E-state index in [-0.39, 0.29) is 20.1 Å². The number of anilines is 3. The van der Waals surface area contributed by atoms with E-state index in [1.165, 1.54) is 138 Å². The molecule has 0 bridgehead atoms. The number of hydrogen-bond acceptors (Lipinski definition) is 1. The first-order valence-corrected chi connectivity index (χ1v) is 19.6. The Morgan fingerprint density at radius 2 is 1.00 bits per heavy atom.